The summed E-state index contributed by atoms with van der Waals surface area (Å²) < 4.78 is 0. The number of aliphatic hydroxyl groups excluding tert-OH is 1. The molecule has 1 fully saturated rings. The van der Waals surface area contributed by atoms with Gasteiger partial charge in [-0.1, -0.05) is 0 Å². The first-order valence-corrected chi connectivity index (χ1v) is 3.44. The van der Waals surface area contributed by atoms with E-state index >= 15 is 0 Å². The molecule has 0 aromatic rings. The summed E-state index contributed by atoms with van der Waals surface area (Å²) in [7, 11) is 0. The molecule has 9 heavy (non-hydrogen) atoms. The van der Waals surface area contributed by atoms with Crippen LogP contribution in [-0.2, 0) is 0 Å². The molecule has 1 aliphatic rings. The van der Waals surface area contributed by atoms with Crippen LogP contribution < -0.4 is 11.3 Å². The van der Waals surface area contributed by atoms with Crippen LogP contribution in [0.5, 0.6) is 0 Å². The van der Waals surface area contributed by atoms with Gasteiger partial charge in [0, 0.05) is 6.54 Å². The second kappa shape index (κ2) is 3.15. The van der Waals surface area contributed by atoms with Gasteiger partial charge in [0.2, 0.25) is 0 Å². The molecule has 3 heteroatoms. The fourth-order valence-corrected chi connectivity index (χ4v) is 1.40. The Kier molecular flexibility index (Phi) is 2.45. The second-order valence-electron chi connectivity index (χ2n) is 2.74. The van der Waals surface area contributed by atoms with E-state index in [1.165, 1.54) is 0 Å². The first-order chi connectivity index (χ1) is 4.33. The van der Waals surface area contributed by atoms with Crippen LogP contribution in [0.2, 0.25) is 0 Å². The van der Waals surface area contributed by atoms with E-state index in [4.69, 9.17) is 10.9 Å². The van der Waals surface area contributed by atoms with Gasteiger partial charge in [0.25, 0.3) is 0 Å². The zero-order valence-electron chi connectivity index (χ0n) is 5.51. The van der Waals surface area contributed by atoms with Crippen LogP contribution in [0.4, 0.5) is 0 Å². The molecule has 0 spiro atoms. The second-order valence-corrected chi connectivity index (χ2v) is 2.74. The van der Waals surface area contributed by atoms with Crippen molar-refractivity contribution in [2.24, 2.45) is 11.8 Å². The number of aliphatic hydroxyl groups is 1. The van der Waals surface area contributed by atoms with Crippen molar-refractivity contribution in [3.8, 4) is 0 Å². The molecule has 3 nitrogen and oxygen atoms in total. The lowest BCUT2D eigenvalue weighted by Gasteiger charge is -2.05. The molecule has 1 rings (SSSR count). The fraction of sp³-hybridized carbons (Fsp3) is 1.00. The highest BCUT2D eigenvalue weighted by Crippen LogP contribution is 2.23. The summed E-state index contributed by atoms with van der Waals surface area (Å²) in [6.07, 6.45) is 2.92. The van der Waals surface area contributed by atoms with Gasteiger partial charge in [-0.25, -0.2) is 0 Å². The van der Waals surface area contributed by atoms with Crippen molar-refractivity contribution in [2.75, 3.05) is 6.54 Å². The van der Waals surface area contributed by atoms with Crippen LogP contribution in [0.25, 0.3) is 0 Å². The number of nitrogens with two attached hydrogens (primary N) is 1. The minimum atomic E-state index is -0.0663. The molecule has 0 bridgehead atoms. The number of nitrogens with one attached hydrogen (secondary N) is 1. The summed E-state index contributed by atoms with van der Waals surface area (Å²) >= 11 is 0. The molecule has 0 aromatic heterocycles. The molecule has 0 saturated heterocycles. The Morgan fingerprint density at radius 3 is 2.78 bits per heavy atom. The van der Waals surface area contributed by atoms with E-state index in [2.05, 4.69) is 5.43 Å². The lowest BCUT2D eigenvalue weighted by atomic mass is 10.1. The molecule has 0 aromatic carbocycles. The van der Waals surface area contributed by atoms with E-state index in [0.29, 0.717) is 5.92 Å². The third-order valence-corrected chi connectivity index (χ3v) is 1.92. The van der Waals surface area contributed by atoms with Gasteiger partial charge in [0.15, 0.2) is 0 Å². The van der Waals surface area contributed by atoms with E-state index in [-0.39, 0.29) is 6.10 Å². The van der Waals surface area contributed by atoms with Gasteiger partial charge in [0.1, 0.15) is 0 Å². The maximum atomic E-state index is 9.06. The van der Waals surface area contributed by atoms with Crippen molar-refractivity contribution in [1.29, 1.82) is 0 Å². The number of hydrogen-bond donors (Lipinski definition) is 3. The monoisotopic (exact) mass is 130 g/mol. The highest BCUT2D eigenvalue weighted by atomic mass is 16.3. The van der Waals surface area contributed by atoms with Crippen LogP contribution in [0.15, 0.2) is 0 Å². The molecule has 0 radical (unpaired) electrons. The maximum Gasteiger partial charge on any atom is 0.0543 e. The summed E-state index contributed by atoms with van der Waals surface area (Å²) in [4.78, 5) is 0. The standard InChI is InChI=1S/C6H14N2O/c7-8-4-5-1-2-6(9)3-5/h5-6,8-9H,1-4,7H2. The molecule has 4 N–H and O–H groups in total. The van der Waals surface area contributed by atoms with Crippen molar-refractivity contribution in [1.82, 2.24) is 5.43 Å². The third-order valence-electron chi connectivity index (χ3n) is 1.92. The van der Waals surface area contributed by atoms with Gasteiger partial charge in [0.05, 0.1) is 6.10 Å². The highest BCUT2D eigenvalue weighted by Gasteiger charge is 2.21. The van der Waals surface area contributed by atoms with Crippen molar-refractivity contribution >= 4 is 0 Å². The topological polar surface area (TPSA) is 58.3 Å². The number of hydrazine groups is 1. The Labute approximate surface area is 55.2 Å². The first kappa shape index (κ1) is 6.99. The molecule has 0 amide bonds. The molecule has 1 aliphatic carbocycles. The molecule has 0 aliphatic heterocycles. The average Bonchev–Trinajstić information content (AvgIpc) is 2.17. The molecular weight excluding hydrogens is 116 g/mol. The Hall–Kier alpha value is -0.120. The van der Waals surface area contributed by atoms with E-state index in [9.17, 15) is 0 Å². The van der Waals surface area contributed by atoms with Crippen LogP contribution >= 0.6 is 0 Å². The number of rotatable bonds is 2. The van der Waals surface area contributed by atoms with Crippen molar-refractivity contribution in [3.63, 3.8) is 0 Å². The van der Waals surface area contributed by atoms with E-state index in [1.807, 2.05) is 0 Å². The molecule has 1 saturated carbocycles. The normalized spacial score (nSPS) is 35.3. The van der Waals surface area contributed by atoms with Gasteiger partial charge in [-0.3, -0.25) is 11.3 Å². The zero-order valence-corrected chi connectivity index (χ0v) is 5.51. The summed E-state index contributed by atoms with van der Waals surface area (Å²) in [5, 5.41) is 9.06. The van der Waals surface area contributed by atoms with Crippen molar-refractivity contribution in [3.05, 3.63) is 0 Å². The molecule has 54 valence electrons. The lowest BCUT2D eigenvalue weighted by molar-refractivity contribution is 0.177. The molecule has 2 unspecified atom stereocenters. The summed E-state index contributed by atoms with van der Waals surface area (Å²) in [5.74, 6) is 5.72. The Bertz CT molecular complexity index is 85.1. The smallest absolute Gasteiger partial charge is 0.0543 e. The third kappa shape index (κ3) is 1.93. The fourth-order valence-electron chi connectivity index (χ4n) is 1.40. The SMILES string of the molecule is NNCC1CCC(O)C1. The maximum absolute atomic E-state index is 9.06. The molecule has 2 atom stereocenters. The minimum absolute atomic E-state index is 0.0663. The zero-order chi connectivity index (χ0) is 6.69. The predicted octanol–water partition coefficient (Wildman–Crippen LogP) is -0.389. The van der Waals surface area contributed by atoms with Gasteiger partial charge in [-0.15, -0.1) is 0 Å². The van der Waals surface area contributed by atoms with Crippen LogP contribution in [0.1, 0.15) is 19.3 Å². The first-order valence-electron chi connectivity index (χ1n) is 3.44. The predicted molar refractivity (Wildman–Crippen MR) is 35.5 cm³/mol. The van der Waals surface area contributed by atoms with Crippen molar-refractivity contribution in [2.45, 2.75) is 25.4 Å². The quantitative estimate of drug-likeness (QED) is 0.352. The largest absolute Gasteiger partial charge is 0.393 e. The number of hydrogen-bond acceptors (Lipinski definition) is 3. The minimum Gasteiger partial charge on any atom is -0.393 e. The Balaban J connectivity index is 2.14. The van der Waals surface area contributed by atoms with Crippen LogP contribution in [0, 0.1) is 5.92 Å². The summed E-state index contributed by atoms with van der Waals surface area (Å²) in [5.41, 5.74) is 2.62. The van der Waals surface area contributed by atoms with Gasteiger partial charge < -0.3 is 5.11 Å². The van der Waals surface area contributed by atoms with Crippen LogP contribution in [-0.4, -0.2) is 17.8 Å². The highest BCUT2D eigenvalue weighted by molar-refractivity contribution is 4.74. The van der Waals surface area contributed by atoms with Gasteiger partial charge >= 0.3 is 0 Å². The van der Waals surface area contributed by atoms with Crippen molar-refractivity contribution < 1.29 is 5.11 Å². The Morgan fingerprint density at radius 2 is 2.33 bits per heavy atom. The van der Waals surface area contributed by atoms with Gasteiger partial charge in [-0.05, 0) is 25.2 Å². The van der Waals surface area contributed by atoms with E-state index < -0.39 is 0 Å². The Morgan fingerprint density at radius 1 is 1.56 bits per heavy atom. The molecular formula is C6H14N2O. The lowest BCUT2D eigenvalue weighted by Crippen LogP contribution is -2.27. The van der Waals surface area contributed by atoms with Gasteiger partial charge in [-0.2, -0.15) is 0 Å². The average molecular weight is 130 g/mol. The van der Waals surface area contributed by atoms with Crippen LogP contribution in [0.3, 0.4) is 0 Å². The van der Waals surface area contributed by atoms with E-state index in [1.54, 1.807) is 0 Å². The summed E-state index contributed by atoms with van der Waals surface area (Å²) in [6.45, 7) is 0.844. The molecule has 0 heterocycles. The van der Waals surface area contributed by atoms with E-state index in [0.717, 1.165) is 25.8 Å². The summed E-state index contributed by atoms with van der Waals surface area (Å²) in [6, 6.07) is 0.